The summed E-state index contributed by atoms with van der Waals surface area (Å²) in [5.74, 6) is 0.0236. The zero-order valence-electron chi connectivity index (χ0n) is 12.2. The third-order valence-corrected chi connectivity index (χ3v) is 4.68. The fourth-order valence-electron chi connectivity index (χ4n) is 1.83. The molecule has 2 N–H and O–H groups in total. The number of hydrogen-bond donors (Lipinski definition) is 1. The lowest BCUT2D eigenvalue weighted by Crippen LogP contribution is -2.34. The van der Waals surface area contributed by atoms with Crippen LogP contribution in [0.4, 0.5) is 5.69 Å². The van der Waals surface area contributed by atoms with Gasteiger partial charge in [-0.15, -0.1) is 0 Å². The van der Waals surface area contributed by atoms with Crippen LogP contribution in [-0.4, -0.2) is 38.2 Å². The molecule has 1 aromatic rings. The van der Waals surface area contributed by atoms with Gasteiger partial charge in [-0.25, -0.2) is 8.42 Å². The standard InChI is InChI=1S/C14H24N2O3S/c1-3-9-16(20(17,18)11-10-19-4-2)12-13-5-7-14(15)8-6-13/h5-8H,3-4,9-12,15H2,1-2H3. The minimum Gasteiger partial charge on any atom is -0.399 e. The van der Waals surface area contributed by atoms with E-state index in [9.17, 15) is 8.42 Å². The SMILES string of the molecule is CCCN(Cc1ccc(N)cc1)S(=O)(=O)CCOCC. The van der Waals surface area contributed by atoms with Crippen LogP contribution in [0.3, 0.4) is 0 Å². The number of sulfonamides is 1. The highest BCUT2D eigenvalue weighted by Gasteiger charge is 2.21. The number of nitrogens with zero attached hydrogens (tertiary/aromatic N) is 1. The zero-order valence-corrected chi connectivity index (χ0v) is 13.0. The summed E-state index contributed by atoms with van der Waals surface area (Å²) < 4.78 is 31.2. The third kappa shape index (κ3) is 5.48. The van der Waals surface area contributed by atoms with Crippen molar-refractivity contribution in [1.29, 1.82) is 0 Å². The Bertz CT molecular complexity index is 486. The molecular weight excluding hydrogens is 276 g/mol. The first kappa shape index (κ1) is 16.9. The highest BCUT2D eigenvalue weighted by molar-refractivity contribution is 7.89. The highest BCUT2D eigenvalue weighted by atomic mass is 32.2. The van der Waals surface area contributed by atoms with E-state index < -0.39 is 10.0 Å². The highest BCUT2D eigenvalue weighted by Crippen LogP contribution is 2.12. The monoisotopic (exact) mass is 300 g/mol. The molecule has 0 atom stereocenters. The summed E-state index contributed by atoms with van der Waals surface area (Å²) in [4.78, 5) is 0. The lowest BCUT2D eigenvalue weighted by molar-refractivity contribution is 0.162. The quantitative estimate of drug-likeness (QED) is 0.558. The van der Waals surface area contributed by atoms with Crippen molar-refractivity contribution < 1.29 is 13.2 Å². The smallest absolute Gasteiger partial charge is 0.216 e. The third-order valence-electron chi connectivity index (χ3n) is 2.89. The van der Waals surface area contributed by atoms with Crippen molar-refractivity contribution >= 4 is 15.7 Å². The molecule has 0 bridgehead atoms. The maximum atomic E-state index is 12.3. The predicted octanol–water partition coefficient (Wildman–Crippen LogP) is 1.85. The molecule has 0 unspecified atom stereocenters. The molecule has 0 fully saturated rings. The van der Waals surface area contributed by atoms with Crippen molar-refractivity contribution in [2.75, 3.05) is 31.2 Å². The average Bonchev–Trinajstić information content (AvgIpc) is 2.41. The van der Waals surface area contributed by atoms with Gasteiger partial charge in [0, 0.05) is 25.4 Å². The largest absolute Gasteiger partial charge is 0.399 e. The maximum absolute atomic E-state index is 12.3. The zero-order chi connectivity index (χ0) is 15.0. The molecule has 6 heteroatoms. The fraction of sp³-hybridized carbons (Fsp3) is 0.571. The molecule has 0 saturated carbocycles. The van der Waals surface area contributed by atoms with E-state index in [2.05, 4.69) is 0 Å². The Morgan fingerprint density at radius 3 is 2.40 bits per heavy atom. The van der Waals surface area contributed by atoms with Crippen molar-refractivity contribution in [3.05, 3.63) is 29.8 Å². The molecular formula is C14H24N2O3S. The van der Waals surface area contributed by atoms with Crippen molar-refractivity contribution in [2.24, 2.45) is 0 Å². The summed E-state index contributed by atoms with van der Waals surface area (Å²) >= 11 is 0. The Morgan fingerprint density at radius 2 is 1.85 bits per heavy atom. The van der Waals surface area contributed by atoms with Crippen LogP contribution in [-0.2, 0) is 21.3 Å². The molecule has 0 aliphatic heterocycles. The van der Waals surface area contributed by atoms with Crippen molar-refractivity contribution in [2.45, 2.75) is 26.8 Å². The molecule has 20 heavy (non-hydrogen) atoms. The van der Waals surface area contributed by atoms with E-state index in [0.29, 0.717) is 25.4 Å². The molecule has 114 valence electrons. The minimum absolute atomic E-state index is 0.0236. The Balaban J connectivity index is 2.74. The Kier molecular flexibility index (Phi) is 6.98. The number of nitrogen functional groups attached to an aromatic ring is 1. The summed E-state index contributed by atoms with van der Waals surface area (Å²) in [6, 6.07) is 7.28. The second-order valence-electron chi connectivity index (χ2n) is 4.59. The predicted molar refractivity (Wildman–Crippen MR) is 81.8 cm³/mol. The Labute approximate surface area is 121 Å². The molecule has 1 aromatic carbocycles. The van der Waals surface area contributed by atoms with Crippen molar-refractivity contribution in [3.63, 3.8) is 0 Å². The number of ether oxygens (including phenoxy) is 1. The van der Waals surface area contributed by atoms with Crippen LogP contribution in [0, 0.1) is 0 Å². The number of nitrogens with two attached hydrogens (primary N) is 1. The minimum atomic E-state index is -3.29. The topological polar surface area (TPSA) is 72.6 Å². The van der Waals surface area contributed by atoms with E-state index in [4.69, 9.17) is 10.5 Å². The number of rotatable bonds is 9. The van der Waals surface area contributed by atoms with Crippen LogP contribution < -0.4 is 5.73 Å². The van der Waals surface area contributed by atoms with Crippen LogP contribution >= 0.6 is 0 Å². The van der Waals surface area contributed by atoms with Gasteiger partial charge in [-0.1, -0.05) is 19.1 Å². The van der Waals surface area contributed by atoms with Gasteiger partial charge in [-0.2, -0.15) is 4.31 Å². The van der Waals surface area contributed by atoms with Gasteiger partial charge in [0.2, 0.25) is 10.0 Å². The van der Waals surface area contributed by atoms with E-state index in [0.717, 1.165) is 12.0 Å². The first-order valence-electron chi connectivity index (χ1n) is 6.89. The van der Waals surface area contributed by atoms with Gasteiger partial charge in [-0.3, -0.25) is 0 Å². The second-order valence-corrected chi connectivity index (χ2v) is 6.68. The van der Waals surface area contributed by atoms with Crippen molar-refractivity contribution in [1.82, 2.24) is 4.31 Å². The Morgan fingerprint density at radius 1 is 1.20 bits per heavy atom. The number of anilines is 1. The summed E-state index contributed by atoms with van der Waals surface area (Å²) in [6.45, 7) is 5.47. The normalized spacial score (nSPS) is 11.9. The molecule has 1 rings (SSSR count). The van der Waals surface area contributed by atoms with E-state index >= 15 is 0 Å². The van der Waals surface area contributed by atoms with Crippen LogP contribution in [0.1, 0.15) is 25.8 Å². The van der Waals surface area contributed by atoms with Gasteiger partial charge in [0.25, 0.3) is 0 Å². The molecule has 0 saturated heterocycles. The lowest BCUT2D eigenvalue weighted by Gasteiger charge is -2.21. The molecule has 0 aliphatic rings. The molecule has 5 nitrogen and oxygen atoms in total. The molecule has 0 aromatic heterocycles. The first-order valence-corrected chi connectivity index (χ1v) is 8.50. The summed E-state index contributed by atoms with van der Waals surface area (Å²) in [5.41, 5.74) is 7.25. The first-order chi connectivity index (χ1) is 9.49. The van der Waals surface area contributed by atoms with Crippen LogP contribution in [0.2, 0.25) is 0 Å². The van der Waals surface area contributed by atoms with Crippen LogP contribution in [0.5, 0.6) is 0 Å². The summed E-state index contributed by atoms with van der Waals surface area (Å²) in [7, 11) is -3.29. The molecule has 0 heterocycles. The molecule has 0 radical (unpaired) electrons. The average molecular weight is 300 g/mol. The van der Waals surface area contributed by atoms with Gasteiger partial charge >= 0.3 is 0 Å². The van der Waals surface area contributed by atoms with E-state index in [1.807, 2.05) is 26.0 Å². The van der Waals surface area contributed by atoms with Crippen molar-refractivity contribution in [3.8, 4) is 0 Å². The van der Waals surface area contributed by atoms with Crippen LogP contribution in [0.15, 0.2) is 24.3 Å². The maximum Gasteiger partial charge on any atom is 0.216 e. The molecule has 0 aliphatic carbocycles. The number of benzene rings is 1. The van der Waals surface area contributed by atoms with E-state index in [1.165, 1.54) is 4.31 Å². The summed E-state index contributed by atoms with van der Waals surface area (Å²) in [5, 5.41) is 0. The van der Waals surface area contributed by atoms with Gasteiger partial charge in [0.15, 0.2) is 0 Å². The lowest BCUT2D eigenvalue weighted by atomic mass is 10.2. The van der Waals surface area contributed by atoms with Gasteiger partial charge in [0.1, 0.15) is 0 Å². The number of hydrogen-bond acceptors (Lipinski definition) is 4. The summed E-state index contributed by atoms with van der Waals surface area (Å²) in [6.07, 6.45) is 0.781. The van der Waals surface area contributed by atoms with Crippen LogP contribution in [0.25, 0.3) is 0 Å². The van der Waals surface area contributed by atoms with E-state index in [-0.39, 0.29) is 12.4 Å². The molecule has 0 amide bonds. The fourth-order valence-corrected chi connectivity index (χ4v) is 3.22. The Hall–Kier alpha value is -1.11. The van der Waals surface area contributed by atoms with E-state index in [1.54, 1.807) is 12.1 Å². The second kappa shape index (κ2) is 8.24. The van der Waals surface area contributed by atoms with Gasteiger partial charge in [-0.05, 0) is 31.0 Å². The molecule has 0 spiro atoms. The van der Waals surface area contributed by atoms with Gasteiger partial charge in [0.05, 0.1) is 12.4 Å². The van der Waals surface area contributed by atoms with Gasteiger partial charge < -0.3 is 10.5 Å².